The number of rotatable bonds is 3. The number of sulfonamides is 1. The molecule has 0 aromatic carbocycles. The van der Waals surface area contributed by atoms with Gasteiger partial charge in [0.15, 0.2) is 0 Å². The zero-order chi connectivity index (χ0) is 15.0. The topological polar surface area (TPSA) is 76.5 Å². The molecule has 1 aliphatic rings. The first kappa shape index (κ1) is 15.3. The summed E-state index contributed by atoms with van der Waals surface area (Å²) in [6, 6.07) is 3.08. The second-order valence-corrected chi connectivity index (χ2v) is 7.89. The summed E-state index contributed by atoms with van der Waals surface area (Å²) in [7, 11) is -3.55. The Morgan fingerprint density at radius 3 is 2.50 bits per heavy atom. The fourth-order valence-electron chi connectivity index (χ4n) is 2.28. The smallest absolute Gasteiger partial charge is 0.276 e. The zero-order valence-electron chi connectivity index (χ0n) is 12.2. The number of nitrogens with two attached hydrogens (primary N) is 1. The minimum Gasteiger partial charge on any atom is -0.447 e. The monoisotopic (exact) mass is 298 g/mol. The molecule has 0 atom stereocenters. The fraction of sp³-hybridized carbons (Fsp3) is 0.571. The van der Waals surface area contributed by atoms with Gasteiger partial charge in [-0.05, 0) is 24.0 Å². The molecule has 1 aliphatic heterocycles. The predicted octanol–water partition coefficient (Wildman–Crippen LogP) is 2.11. The van der Waals surface area contributed by atoms with Crippen molar-refractivity contribution in [3.63, 3.8) is 0 Å². The largest absolute Gasteiger partial charge is 0.447 e. The summed E-state index contributed by atoms with van der Waals surface area (Å²) in [5, 5.41) is -0.0226. The lowest BCUT2D eigenvalue weighted by molar-refractivity contribution is 0.361. The van der Waals surface area contributed by atoms with E-state index in [9.17, 15) is 8.42 Å². The highest BCUT2D eigenvalue weighted by molar-refractivity contribution is 7.89. The molecule has 1 aromatic rings. The van der Waals surface area contributed by atoms with Crippen LogP contribution in [0.2, 0.25) is 0 Å². The van der Waals surface area contributed by atoms with Crippen LogP contribution in [0.4, 0.5) is 0 Å². The summed E-state index contributed by atoms with van der Waals surface area (Å²) in [5.74, 6) is 0.478. The van der Waals surface area contributed by atoms with Gasteiger partial charge in [-0.15, -0.1) is 0 Å². The summed E-state index contributed by atoms with van der Waals surface area (Å²) in [5.41, 5.74) is 6.83. The molecule has 20 heavy (non-hydrogen) atoms. The summed E-state index contributed by atoms with van der Waals surface area (Å²) in [4.78, 5) is 0. The minimum atomic E-state index is -3.55. The van der Waals surface area contributed by atoms with Crippen molar-refractivity contribution in [1.29, 1.82) is 0 Å². The average molecular weight is 298 g/mol. The molecule has 0 spiro atoms. The minimum absolute atomic E-state index is 0.0226. The summed E-state index contributed by atoms with van der Waals surface area (Å²) >= 11 is 0. The molecule has 1 aromatic heterocycles. The molecule has 2 heterocycles. The summed E-state index contributed by atoms with van der Waals surface area (Å²) < 4.78 is 31.6. The van der Waals surface area contributed by atoms with Gasteiger partial charge in [-0.2, -0.15) is 4.31 Å². The van der Waals surface area contributed by atoms with E-state index in [4.69, 9.17) is 10.2 Å². The van der Waals surface area contributed by atoms with Gasteiger partial charge in [0.25, 0.3) is 10.0 Å². The predicted molar refractivity (Wildman–Crippen MR) is 77.5 cm³/mol. The molecule has 0 bridgehead atoms. The van der Waals surface area contributed by atoms with Crippen LogP contribution >= 0.6 is 0 Å². The van der Waals surface area contributed by atoms with Gasteiger partial charge in [0.2, 0.25) is 5.09 Å². The lowest BCUT2D eigenvalue weighted by Crippen LogP contribution is -2.36. The van der Waals surface area contributed by atoms with Gasteiger partial charge in [0.1, 0.15) is 5.76 Å². The van der Waals surface area contributed by atoms with Crippen LogP contribution in [-0.2, 0) is 16.6 Å². The van der Waals surface area contributed by atoms with Crippen molar-refractivity contribution >= 4 is 10.0 Å². The molecule has 0 aliphatic carbocycles. The van der Waals surface area contributed by atoms with Crippen molar-refractivity contribution < 1.29 is 12.8 Å². The van der Waals surface area contributed by atoms with Gasteiger partial charge in [-0.1, -0.05) is 32.4 Å². The number of hydrogen-bond donors (Lipinski definition) is 1. The number of furan rings is 1. The van der Waals surface area contributed by atoms with Crippen molar-refractivity contribution in [3.8, 4) is 0 Å². The lowest BCUT2D eigenvalue weighted by Gasteiger charge is -2.31. The highest BCUT2D eigenvalue weighted by atomic mass is 32.2. The maximum absolute atomic E-state index is 12.4. The molecule has 0 saturated heterocycles. The van der Waals surface area contributed by atoms with Gasteiger partial charge < -0.3 is 10.2 Å². The lowest BCUT2D eigenvalue weighted by atomic mass is 9.83. The molecule has 112 valence electrons. The normalized spacial score (nSPS) is 18.1. The van der Waals surface area contributed by atoms with Gasteiger partial charge in [0, 0.05) is 13.1 Å². The third-order valence-corrected chi connectivity index (χ3v) is 5.31. The van der Waals surface area contributed by atoms with Crippen LogP contribution in [0, 0.1) is 5.41 Å². The first-order valence-electron chi connectivity index (χ1n) is 6.73. The van der Waals surface area contributed by atoms with Crippen molar-refractivity contribution in [3.05, 3.63) is 29.5 Å². The van der Waals surface area contributed by atoms with E-state index in [2.05, 4.69) is 20.8 Å². The average Bonchev–Trinajstić information content (AvgIpc) is 2.87. The van der Waals surface area contributed by atoms with E-state index < -0.39 is 10.0 Å². The molecule has 0 radical (unpaired) electrons. The van der Waals surface area contributed by atoms with E-state index in [0.29, 0.717) is 18.8 Å². The zero-order valence-corrected chi connectivity index (χ0v) is 13.0. The fourth-order valence-corrected chi connectivity index (χ4v) is 3.59. The van der Waals surface area contributed by atoms with Crippen LogP contribution in [0.5, 0.6) is 0 Å². The Bertz CT molecular complexity index is 609. The molecule has 2 rings (SSSR count). The van der Waals surface area contributed by atoms with Gasteiger partial charge >= 0.3 is 0 Å². The molecule has 0 unspecified atom stereocenters. The van der Waals surface area contributed by atoms with E-state index in [-0.39, 0.29) is 17.1 Å². The van der Waals surface area contributed by atoms with Gasteiger partial charge in [-0.3, -0.25) is 0 Å². The molecule has 5 nitrogen and oxygen atoms in total. The van der Waals surface area contributed by atoms with E-state index in [1.54, 1.807) is 6.07 Å². The SMILES string of the molecule is CC(C)(C)C1=CCN(S(=O)(=O)c2ccc(CN)o2)CC1. The maximum atomic E-state index is 12.4. The van der Waals surface area contributed by atoms with E-state index in [0.717, 1.165) is 6.42 Å². The Labute approximate surface area is 120 Å². The van der Waals surface area contributed by atoms with E-state index in [1.165, 1.54) is 15.9 Å². The molecule has 2 N–H and O–H groups in total. The van der Waals surface area contributed by atoms with E-state index in [1.807, 2.05) is 6.08 Å². The molecular weight excluding hydrogens is 276 g/mol. The third-order valence-electron chi connectivity index (χ3n) is 3.57. The van der Waals surface area contributed by atoms with Crippen molar-refractivity contribution in [1.82, 2.24) is 4.31 Å². The molecule has 6 heteroatoms. The Balaban J connectivity index is 2.19. The van der Waals surface area contributed by atoms with Crippen LogP contribution in [0.15, 0.2) is 33.3 Å². The summed E-state index contributed by atoms with van der Waals surface area (Å²) in [6.07, 6.45) is 2.76. The Morgan fingerprint density at radius 2 is 2.05 bits per heavy atom. The molecule has 0 saturated carbocycles. The first-order chi connectivity index (χ1) is 9.25. The molecule has 0 amide bonds. The van der Waals surface area contributed by atoms with Crippen LogP contribution in [0.1, 0.15) is 33.0 Å². The van der Waals surface area contributed by atoms with E-state index >= 15 is 0 Å². The highest BCUT2D eigenvalue weighted by Gasteiger charge is 2.30. The Morgan fingerprint density at radius 1 is 1.35 bits per heavy atom. The second-order valence-electron chi connectivity index (χ2n) is 6.02. The second kappa shape index (κ2) is 5.35. The Kier molecular flexibility index (Phi) is 4.09. The quantitative estimate of drug-likeness (QED) is 0.867. The van der Waals surface area contributed by atoms with Crippen molar-refractivity contribution in [2.45, 2.75) is 38.8 Å². The van der Waals surface area contributed by atoms with Gasteiger partial charge in [-0.25, -0.2) is 8.42 Å². The van der Waals surface area contributed by atoms with Crippen molar-refractivity contribution in [2.75, 3.05) is 13.1 Å². The van der Waals surface area contributed by atoms with Gasteiger partial charge in [0.05, 0.1) is 6.54 Å². The summed E-state index contributed by atoms with van der Waals surface area (Å²) in [6.45, 7) is 7.51. The van der Waals surface area contributed by atoms with Crippen LogP contribution < -0.4 is 5.73 Å². The first-order valence-corrected chi connectivity index (χ1v) is 8.17. The van der Waals surface area contributed by atoms with Crippen LogP contribution in [0.3, 0.4) is 0 Å². The third kappa shape index (κ3) is 2.97. The highest BCUT2D eigenvalue weighted by Crippen LogP contribution is 2.31. The maximum Gasteiger partial charge on any atom is 0.276 e. The molecular formula is C14H22N2O3S. The number of hydrogen-bond acceptors (Lipinski definition) is 4. The van der Waals surface area contributed by atoms with Crippen LogP contribution in [-0.4, -0.2) is 25.8 Å². The number of nitrogens with zero attached hydrogens (tertiary/aromatic N) is 1. The Hall–Kier alpha value is -1.11. The van der Waals surface area contributed by atoms with Crippen LogP contribution in [0.25, 0.3) is 0 Å². The standard InChI is InChI=1S/C14H22N2O3S/c1-14(2,3)11-6-8-16(9-7-11)20(17,18)13-5-4-12(10-15)19-13/h4-6H,7-10,15H2,1-3H3. The van der Waals surface area contributed by atoms with Crippen molar-refractivity contribution in [2.24, 2.45) is 11.1 Å². The molecule has 0 fully saturated rings.